The van der Waals surface area contributed by atoms with Crippen LogP contribution in [0.1, 0.15) is 15.9 Å². The number of carbonyl (C=O) groups excluding carboxylic acids is 1. The molecule has 10 heteroatoms. The lowest BCUT2D eigenvalue weighted by atomic mass is 10.0. The first kappa shape index (κ1) is 19.8. The van der Waals surface area contributed by atoms with Crippen LogP contribution in [0.25, 0.3) is 11.1 Å². The van der Waals surface area contributed by atoms with Crippen LogP contribution in [0, 0.1) is 0 Å². The van der Waals surface area contributed by atoms with Crippen molar-refractivity contribution in [1.29, 1.82) is 0 Å². The minimum Gasteiger partial charge on any atom is -0.395 e. The first-order valence-corrected chi connectivity index (χ1v) is 10.1. The number of anilines is 1. The predicted molar refractivity (Wildman–Crippen MR) is 111 cm³/mol. The Bertz CT molecular complexity index is 1100. The van der Waals surface area contributed by atoms with Gasteiger partial charge < -0.3 is 14.8 Å². The molecule has 0 unspecified atom stereocenters. The van der Waals surface area contributed by atoms with Gasteiger partial charge in [0.25, 0.3) is 5.91 Å². The number of hydrogen-bond acceptors (Lipinski definition) is 5. The van der Waals surface area contributed by atoms with Gasteiger partial charge in [0, 0.05) is 22.4 Å². The summed E-state index contributed by atoms with van der Waals surface area (Å²) in [5.41, 5.74) is 2.37. The maximum atomic E-state index is 13.3. The summed E-state index contributed by atoms with van der Waals surface area (Å²) in [7, 11) is 0. The minimum atomic E-state index is -3.68. The van der Waals surface area contributed by atoms with Gasteiger partial charge in [-0.1, -0.05) is 34.2 Å². The zero-order valence-electron chi connectivity index (χ0n) is 14.5. The summed E-state index contributed by atoms with van der Waals surface area (Å²) in [6.07, 6.45) is -0.659. The number of ether oxygens (including phenoxy) is 2. The van der Waals surface area contributed by atoms with E-state index < -0.39 is 12.2 Å². The second kappa shape index (κ2) is 7.71. The van der Waals surface area contributed by atoms with Gasteiger partial charge in [0.15, 0.2) is 11.5 Å². The minimum absolute atomic E-state index is 0.00407. The summed E-state index contributed by atoms with van der Waals surface area (Å²) in [5.74, 6) is -0.179. The highest BCUT2D eigenvalue weighted by atomic mass is 127. The van der Waals surface area contributed by atoms with Crippen LogP contribution >= 0.6 is 34.2 Å². The van der Waals surface area contributed by atoms with Crippen molar-refractivity contribution in [2.75, 3.05) is 5.32 Å². The molecule has 0 aliphatic carbocycles. The number of hydrogen-bond donors (Lipinski definition) is 1. The number of nitrogens with zero attached hydrogens (tertiary/aromatic N) is 2. The van der Waals surface area contributed by atoms with E-state index in [9.17, 15) is 13.6 Å². The second-order valence-electron chi connectivity index (χ2n) is 5.99. The van der Waals surface area contributed by atoms with Gasteiger partial charge in [-0.3, -0.25) is 4.79 Å². The van der Waals surface area contributed by atoms with E-state index in [0.717, 1.165) is 5.56 Å². The van der Waals surface area contributed by atoms with Crippen LogP contribution in [0.2, 0.25) is 5.15 Å². The summed E-state index contributed by atoms with van der Waals surface area (Å²) in [4.78, 5) is 20.4. The summed E-state index contributed by atoms with van der Waals surface area (Å²) in [6, 6.07) is 9.50. The molecule has 3 heterocycles. The summed E-state index contributed by atoms with van der Waals surface area (Å²) < 4.78 is 36.3. The number of carbonyl (C=O) groups is 1. The van der Waals surface area contributed by atoms with E-state index in [1.165, 1.54) is 24.5 Å². The van der Waals surface area contributed by atoms with Crippen LogP contribution in [0.4, 0.5) is 14.6 Å². The zero-order chi connectivity index (χ0) is 20.6. The molecule has 148 valence electrons. The van der Waals surface area contributed by atoms with E-state index >= 15 is 0 Å². The highest BCUT2D eigenvalue weighted by Gasteiger charge is 2.43. The fraction of sp³-hybridized carbons (Fsp3) is 0.105. The Hall–Kier alpha value is -2.53. The summed E-state index contributed by atoms with van der Waals surface area (Å²) in [5, 5.41) is 2.73. The SMILES string of the molecule is O=C(Nc1ccc(-c2cc3c(cc2CI)OC(F)(F)O3)cn1)c1cccnc1Cl. The lowest BCUT2D eigenvalue weighted by Gasteiger charge is -2.10. The Morgan fingerprint density at radius 2 is 1.93 bits per heavy atom. The molecule has 0 bridgehead atoms. The number of aromatic nitrogens is 2. The van der Waals surface area contributed by atoms with Crippen LogP contribution in [-0.2, 0) is 4.43 Å². The highest BCUT2D eigenvalue weighted by Crippen LogP contribution is 2.45. The van der Waals surface area contributed by atoms with E-state index in [2.05, 4.69) is 47.3 Å². The number of amides is 1. The van der Waals surface area contributed by atoms with Crippen molar-refractivity contribution < 1.29 is 23.0 Å². The Kier molecular flexibility index (Phi) is 5.26. The second-order valence-corrected chi connectivity index (χ2v) is 7.11. The van der Waals surface area contributed by atoms with Crippen LogP contribution < -0.4 is 14.8 Å². The van der Waals surface area contributed by atoms with Crippen molar-refractivity contribution in [1.82, 2.24) is 9.97 Å². The molecule has 29 heavy (non-hydrogen) atoms. The van der Waals surface area contributed by atoms with Crippen LogP contribution in [0.15, 0.2) is 48.8 Å². The molecule has 1 aliphatic heterocycles. The Morgan fingerprint density at radius 3 is 2.59 bits per heavy atom. The molecule has 1 aromatic carbocycles. The standard InChI is InChI=1S/C19H11ClF2IN3O3/c20-17-12(2-1-5-24-17)18(27)26-16-4-3-10(9-25-16)13-7-15-14(6-11(13)8-23)28-19(21,22)29-15/h1-7,9H,8H2,(H,25,26,27). The van der Waals surface area contributed by atoms with Crippen molar-refractivity contribution in [2.24, 2.45) is 0 Å². The van der Waals surface area contributed by atoms with Gasteiger partial charge in [-0.25, -0.2) is 9.97 Å². The molecule has 0 radical (unpaired) electrons. The fourth-order valence-corrected chi connectivity index (χ4v) is 3.62. The number of pyridine rings is 2. The van der Waals surface area contributed by atoms with Gasteiger partial charge in [0.2, 0.25) is 0 Å². The number of rotatable bonds is 4. The lowest BCUT2D eigenvalue weighted by Crippen LogP contribution is -2.25. The fourth-order valence-electron chi connectivity index (χ4n) is 2.78. The van der Waals surface area contributed by atoms with Gasteiger partial charge in [-0.05, 0) is 47.5 Å². The molecule has 6 nitrogen and oxygen atoms in total. The quantitative estimate of drug-likeness (QED) is 0.282. The summed E-state index contributed by atoms with van der Waals surface area (Å²) >= 11 is 8.05. The molecule has 0 saturated carbocycles. The number of alkyl halides is 3. The average molecular weight is 530 g/mol. The molecule has 0 fully saturated rings. The molecule has 0 saturated heterocycles. The topological polar surface area (TPSA) is 73.3 Å². The van der Waals surface area contributed by atoms with Gasteiger partial charge >= 0.3 is 6.29 Å². The Morgan fingerprint density at radius 1 is 1.17 bits per heavy atom. The van der Waals surface area contributed by atoms with Gasteiger partial charge in [0.1, 0.15) is 11.0 Å². The third-order valence-corrected chi connectivity index (χ3v) is 5.21. The third kappa shape index (κ3) is 4.10. The van der Waals surface area contributed by atoms with Gasteiger partial charge in [-0.15, -0.1) is 8.78 Å². The summed E-state index contributed by atoms with van der Waals surface area (Å²) in [6.45, 7) is 0. The lowest BCUT2D eigenvalue weighted by molar-refractivity contribution is -0.286. The molecular formula is C19H11ClF2IN3O3. The van der Waals surface area contributed by atoms with Gasteiger partial charge in [-0.2, -0.15) is 0 Å². The molecule has 0 spiro atoms. The molecule has 1 amide bonds. The number of halogens is 4. The van der Waals surface area contributed by atoms with Crippen molar-refractivity contribution in [3.05, 3.63) is 65.1 Å². The molecule has 1 aliphatic rings. The van der Waals surface area contributed by atoms with Crippen LogP contribution in [0.5, 0.6) is 11.5 Å². The van der Waals surface area contributed by atoms with E-state index in [1.54, 1.807) is 24.3 Å². The maximum absolute atomic E-state index is 13.3. The van der Waals surface area contributed by atoms with E-state index in [0.29, 0.717) is 21.4 Å². The average Bonchev–Trinajstić information content (AvgIpc) is 3.00. The van der Waals surface area contributed by atoms with E-state index in [1.807, 2.05) is 0 Å². The Balaban J connectivity index is 1.59. The molecule has 3 aromatic rings. The third-order valence-electron chi connectivity index (χ3n) is 4.09. The van der Waals surface area contributed by atoms with Crippen LogP contribution in [-0.4, -0.2) is 22.2 Å². The van der Waals surface area contributed by atoms with Crippen molar-refractivity contribution >= 4 is 45.9 Å². The molecule has 0 atom stereocenters. The molecule has 1 N–H and O–H groups in total. The number of nitrogens with one attached hydrogen (secondary N) is 1. The largest absolute Gasteiger partial charge is 0.586 e. The van der Waals surface area contributed by atoms with E-state index in [4.69, 9.17) is 11.6 Å². The molecule has 4 rings (SSSR count). The maximum Gasteiger partial charge on any atom is 0.586 e. The normalized spacial score (nSPS) is 13.9. The van der Waals surface area contributed by atoms with Crippen LogP contribution in [0.3, 0.4) is 0 Å². The first-order valence-electron chi connectivity index (χ1n) is 8.23. The molecular weight excluding hydrogens is 519 g/mol. The predicted octanol–water partition coefficient (Wildman–Crippen LogP) is 5.31. The number of benzene rings is 1. The van der Waals surface area contributed by atoms with E-state index in [-0.39, 0.29) is 22.2 Å². The highest BCUT2D eigenvalue weighted by molar-refractivity contribution is 14.1. The van der Waals surface area contributed by atoms with Crippen molar-refractivity contribution in [2.45, 2.75) is 10.7 Å². The zero-order valence-corrected chi connectivity index (χ0v) is 17.4. The number of fused-ring (bicyclic) bond motifs is 1. The molecule has 2 aromatic heterocycles. The van der Waals surface area contributed by atoms with Crippen molar-refractivity contribution in [3.63, 3.8) is 0 Å². The monoisotopic (exact) mass is 529 g/mol. The van der Waals surface area contributed by atoms with Gasteiger partial charge in [0.05, 0.1) is 5.56 Å². The first-order chi connectivity index (χ1) is 13.9. The smallest absolute Gasteiger partial charge is 0.395 e. The van der Waals surface area contributed by atoms with Crippen molar-refractivity contribution in [3.8, 4) is 22.6 Å². The Labute approximate surface area is 182 Å².